The minimum atomic E-state index is -4.45. The van der Waals surface area contributed by atoms with E-state index in [2.05, 4.69) is 17.5 Å². The number of carbonyl (C=O) groups is 1. The molecule has 1 unspecified atom stereocenters. The second kappa shape index (κ2) is 6.01. The third kappa shape index (κ3) is 4.20. The van der Waals surface area contributed by atoms with Crippen LogP contribution in [0.1, 0.15) is 18.1 Å². The second-order valence-corrected chi connectivity index (χ2v) is 4.47. The Hall–Kier alpha value is -1.63. The Kier molecular flexibility index (Phi) is 4.88. The predicted molar refractivity (Wildman–Crippen MR) is 69.2 cm³/mol. The van der Waals surface area contributed by atoms with Crippen LogP contribution in [0.4, 0.5) is 13.2 Å². The van der Waals surface area contributed by atoms with Crippen molar-refractivity contribution in [1.29, 1.82) is 0 Å². The highest BCUT2D eigenvalue weighted by Crippen LogP contribution is 2.31. The molecule has 0 aliphatic heterocycles. The quantitative estimate of drug-likeness (QED) is 0.836. The summed E-state index contributed by atoms with van der Waals surface area (Å²) >= 11 is 4.65. The summed E-state index contributed by atoms with van der Waals surface area (Å²) in [5.74, 6) is -1.21. The molecule has 0 aliphatic carbocycles. The molecule has 19 heavy (non-hydrogen) atoms. The first-order valence-corrected chi connectivity index (χ1v) is 5.86. The molecule has 1 atom stereocenters. The Labute approximate surface area is 114 Å². The number of benzene rings is 1. The van der Waals surface area contributed by atoms with Crippen LogP contribution in [0.15, 0.2) is 24.3 Å². The summed E-state index contributed by atoms with van der Waals surface area (Å²) in [4.78, 5) is 11.6. The summed E-state index contributed by atoms with van der Waals surface area (Å²) in [6, 6.07) is 5.06. The first kappa shape index (κ1) is 15.4. The van der Waals surface area contributed by atoms with E-state index in [9.17, 15) is 18.0 Å². The Morgan fingerprint density at radius 2 is 2.00 bits per heavy atom. The number of thiocarbonyl (C=S) groups is 1. The fourth-order valence-electron chi connectivity index (χ4n) is 1.42. The largest absolute Gasteiger partial charge is 0.416 e. The highest BCUT2D eigenvalue weighted by molar-refractivity contribution is 7.80. The zero-order valence-corrected chi connectivity index (χ0v) is 10.9. The monoisotopic (exact) mass is 290 g/mol. The first-order chi connectivity index (χ1) is 8.73. The van der Waals surface area contributed by atoms with Gasteiger partial charge in [-0.1, -0.05) is 30.4 Å². The maximum absolute atomic E-state index is 12.7. The van der Waals surface area contributed by atoms with Gasteiger partial charge in [0.25, 0.3) is 0 Å². The van der Waals surface area contributed by atoms with E-state index >= 15 is 0 Å². The fraction of sp³-hybridized carbons (Fsp3) is 0.333. The first-order valence-electron chi connectivity index (χ1n) is 5.45. The van der Waals surface area contributed by atoms with Gasteiger partial charge in [-0.3, -0.25) is 4.79 Å². The fourth-order valence-corrected chi connectivity index (χ4v) is 1.52. The lowest BCUT2D eigenvalue weighted by Gasteiger charge is -2.14. The molecule has 0 heterocycles. The molecule has 0 saturated carbocycles. The van der Waals surface area contributed by atoms with Crippen LogP contribution in [0.2, 0.25) is 0 Å². The van der Waals surface area contributed by atoms with E-state index in [-0.39, 0.29) is 17.1 Å². The lowest BCUT2D eigenvalue weighted by atomic mass is 10.1. The van der Waals surface area contributed by atoms with E-state index in [1.54, 1.807) is 0 Å². The van der Waals surface area contributed by atoms with E-state index in [1.807, 2.05) is 0 Å². The van der Waals surface area contributed by atoms with Gasteiger partial charge in [-0.25, -0.2) is 0 Å². The molecule has 0 radical (unpaired) electrons. The lowest BCUT2D eigenvalue weighted by Crippen LogP contribution is -2.36. The minimum absolute atomic E-state index is 0.00140. The van der Waals surface area contributed by atoms with Crippen LogP contribution in [0, 0.1) is 5.92 Å². The van der Waals surface area contributed by atoms with Crippen molar-refractivity contribution in [2.24, 2.45) is 11.7 Å². The molecule has 7 heteroatoms. The number of alkyl halides is 3. The number of amides is 1. The highest BCUT2D eigenvalue weighted by Gasteiger charge is 2.32. The molecule has 104 valence electrons. The highest BCUT2D eigenvalue weighted by atomic mass is 32.1. The van der Waals surface area contributed by atoms with Gasteiger partial charge in [0.1, 0.15) is 0 Å². The third-order valence-electron chi connectivity index (χ3n) is 2.60. The van der Waals surface area contributed by atoms with Gasteiger partial charge in [0.05, 0.1) is 16.5 Å². The van der Waals surface area contributed by atoms with Crippen molar-refractivity contribution in [2.45, 2.75) is 19.6 Å². The predicted octanol–water partition coefficient (Wildman–Crippen LogP) is 2.24. The molecular formula is C12H13F3N2OS. The van der Waals surface area contributed by atoms with Crippen LogP contribution in [0.3, 0.4) is 0 Å². The number of hydrogen-bond donors (Lipinski definition) is 2. The smallest absolute Gasteiger partial charge is 0.393 e. The Morgan fingerprint density at radius 3 is 2.53 bits per heavy atom. The molecule has 1 aromatic carbocycles. The minimum Gasteiger partial charge on any atom is -0.393 e. The SMILES string of the molecule is CC(C(=O)NCc1ccccc1C(F)(F)F)C(N)=S. The number of rotatable bonds is 4. The van der Waals surface area contributed by atoms with Crippen molar-refractivity contribution >= 4 is 23.1 Å². The van der Waals surface area contributed by atoms with E-state index in [0.29, 0.717) is 0 Å². The Morgan fingerprint density at radius 1 is 1.42 bits per heavy atom. The van der Waals surface area contributed by atoms with E-state index in [4.69, 9.17) is 5.73 Å². The zero-order valence-electron chi connectivity index (χ0n) is 10.1. The van der Waals surface area contributed by atoms with Crippen molar-refractivity contribution < 1.29 is 18.0 Å². The molecule has 0 saturated heterocycles. The van der Waals surface area contributed by atoms with Crippen LogP contribution in [0.5, 0.6) is 0 Å². The van der Waals surface area contributed by atoms with Gasteiger partial charge in [0, 0.05) is 6.54 Å². The number of nitrogens with two attached hydrogens (primary N) is 1. The topological polar surface area (TPSA) is 55.1 Å². The molecular weight excluding hydrogens is 277 g/mol. The van der Waals surface area contributed by atoms with Crippen molar-refractivity contribution in [2.75, 3.05) is 0 Å². The maximum Gasteiger partial charge on any atom is 0.416 e. The van der Waals surface area contributed by atoms with Crippen LogP contribution >= 0.6 is 12.2 Å². The summed E-state index contributed by atoms with van der Waals surface area (Å²) in [5.41, 5.74) is 4.53. The van der Waals surface area contributed by atoms with Crippen molar-refractivity contribution in [3.8, 4) is 0 Å². The van der Waals surface area contributed by atoms with Crippen LogP contribution in [-0.4, -0.2) is 10.9 Å². The second-order valence-electron chi connectivity index (χ2n) is 4.00. The number of carbonyl (C=O) groups excluding carboxylic acids is 1. The van der Waals surface area contributed by atoms with E-state index in [1.165, 1.54) is 25.1 Å². The number of nitrogens with one attached hydrogen (secondary N) is 1. The van der Waals surface area contributed by atoms with Crippen LogP contribution in [-0.2, 0) is 17.5 Å². The molecule has 1 aromatic rings. The average molecular weight is 290 g/mol. The molecule has 0 fully saturated rings. The average Bonchev–Trinajstić information content (AvgIpc) is 2.34. The molecule has 1 amide bonds. The summed E-state index contributed by atoms with van der Waals surface area (Å²) in [5, 5.41) is 2.39. The standard InChI is InChI=1S/C12H13F3N2OS/c1-7(10(16)19)11(18)17-6-8-4-2-3-5-9(8)12(13,14)15/h2-5,7H,6H2,1H3,(H2,16,19)(H,17,18). The van der Waals surface area contributed by atoms with Gasteiger partial charge in [-0.05, 0) is 18.6 Å². The summed E-state index contributed by atoms with van der Waals surface area (Å²) in [6.07, 6.45) is -4.45. The van der Waals surface area contributed by atoms with Crippen LogP contribution in [0.25, 0.3) is 0 Å². The Balaban J connectivity index is 2.79. The molecule has 0 bridgehead atoms. The summed E-state index contributed by atoms with van der Waals surface area (Å²) in [7, 11) is 0. The van der Waals surface area contributed by atoms with Gasteiger partial charge in [-0.15, -0.1) is 0 Å². The third-order valence-corrected chi connectivity index (χ3v) is 2.95. The summed E-state index contributed by atoms with van der Waals surface area (Å²) in [6.45, 7) is 1.27. The van der Waals surface area contributed by atoms with Gasteiger partial charge in [0.2, 0.25) is 5.91 Å². The number of hydrogen-bond acceptors (Lipinski definition) is 2. The molecule has 0 aliphatic rings. The van der Waals surface area contributed by atoms with Gasteiger partial charge >= 0.3 is 6.18 Å². The molecule has 3 N–H and O–H groups in total. The van der Waals surface area contributed by atoms with Gasteiger partial charge < -0.3 is 11.1 Å². The molecule has 0 aromatic heterocycles. The maximum atomic E-state index is 12.7. The number of halogens is 3. The van der Waals surface area contributed by atoms with Crippen molar-refractivity contribution in [1.82, 2.24) is 5.32 Å². The zero-order chi connectivity index (χ0) is 14.6. The summed E-state index contributed by atoms with van der Waals surface area (Å²) < 4.78 is 38.1. The molecule has 0 spiro atoms. The molecule has 3 nitrogen and oxygen atoms in total. The van der Waals surface area contributed by atoms with Crippen molar-refractivity contribution in [3.63, 3.8) is 0 Å². The van der Waals surface area contributed by atoms with E-state index in [0.717, 1.165) is 6.07 Å². The lowest BCUT2D eigenvalue weighted by molar-refractivity contribution is -0.138. The van der Waals surface area contributed by atoms with Crippen LogP contribution < -0.4 is 11.1 Å². The van der Waals surface area contributed by atoms with Gasteiger partial charge in [-0.2, -0.15) is 13.2 Å². The van der Waals surface area contributed by atoms with Crippen molar-refractivity contribution in [3.05, 3.63) is 35.4 Å². The van der Waals surface area contributed by atoms with Gasteiger partial charge in [0.15, 0.2) is 0 Å². The molecule has 1 rings (SSSR count). The van der Waals surface area contributed by atoms with E-state index < -0.39 is 23.6 Å². The normalized spacial score (nSPS) is 12.8. The Bertz CT molecular complexity index is 488.